The number of halogens is 1. The molecular weight excluding hydrogens is 188 g/mol. The first-order chi connectivity index (χ1) is 4.81. The van der Waals surface area contributed by atoms with Crippen LogP contribution in [0.2, 0.25) is 0 Å². The molecule has 0 saturated heterocycles. The Balaban J connectivity index is 0. The Hall–Kier alpha value is -0.130. The molecule has 0 bridgehead atoms. The van der Waals surface area contributed by atoms with Gasteiger partial charge < -0.3 is 5.32 Å². The molecule has 0 aromatic carbocycles. The summed E-state index contributed by atoms with van der Waals surface area (Å²) in [4.78, 5) is 10.3. The van der Waals surface area contributed by atoms with Crippen molar-refractivity contribution in [1.29, 1.82) is 0 Å². The number of carbonyl (C=O) groups is 1. The molecular formula is C5H13ClN2O2S. The van der Waals surface area contributed by atoms with Gasteiger partial charge in [0.25, 0.3) is 0 Å². The molecule has 0 fully saturated rings. The van der Waals surface area contributed by atoms with E-state index in [0.29, 0.717) is 6.54 Å². The van der Waals surface area contributed by atoms with Crippen LogP contribution < -0.4 is 10.8 Å². The standard InChI is InChI=1S/C5H12N2O2S.ClH/c1-10-4-2-3-6-5(8)7-9;/h9H,2-4H2,1H3,(H2,6,7,8);1H. The Bertz CT molecular complexity index is 104. The van der Waals surface area contributed by atoms with Crippen LogP contribution in [0.5, 0.6) is 0 Å². The summed E-state index contributed by atoms with van der Waals surface area (Å²) in [5.74, 6) is 1.02. The molecule has 4 nitrogen and oxygen atoms in total. The lowest BCUT2D eigenvalue weighted by Crippen LogP contribution is -2.33. The first kappa shape index (κ1) is 13.5. The molecule has 68 valence electrons. The third kappa shape index (κ3) is 9.87. The second-order valence-corrected chi connectivity index (χ2v) is 2.70. The molecule has 0 atom stereocenters. The van der Waals surface area contributed by atoms with Gasteiger partial charge in [0.2, 0.25) is 0 Å². The van der Waals surface area contributed by atoms with Gasteiger partial charge in [-0.1, -0.05) is 0 Å². The third-order valence-corrected chi connectivity index (χ3v) is 1.61. The van der Waals surface area contributed by atoms with Crippen molar-refractivity contribution in [3.63, 3.8) is 0 Å². The van der Waals surface area contributed by atoms with Gasteiger partial charge in [-0.15, -0.1) is 12.4 Å². The monoisotopic (exact) mass is 200 g/mol. The summed E-state index contributed by atoms with van der Waals surface area (Å²) in [6, 6.07) is -0.541. The highest BCUT2D eigenvalue weighted by Gasteiger charge is 1.93. The molecule has 0 spiro atoms. The van der Waals surface area contributed by atoms with Crippen molar-refractivity contribution in [1.82, 2.24) is 10.8 Å². The molecule has 11 heavy (non-hydrogen) atoms. The summed E-state index contributed by atoms with van der Waals surface area (Å²) in [6.45, 7) is 0.604. The predicted octanol–water partition coefficient (Wildman–Crippen LogP) is 0.850. The zero-order valence-electron chi connectivity index (χ0n) is 6.29. The highest BCUT2D eigenvalue weighted by molar-refractivity contribution is 7.98. The summed E-state index contributed by atoms with van der Waals surface area (Å²) in [5.41, 5.74) is 1.49. The van der Waals surface area contributed by atoms with Gasteiger partial charge in [-0.25, -0.2) is 10.3 Å². The quantitative estimate of drug-likeness (QED) is 0.358. The number of nitrogens with one attached hydrogen (secondary N) is 2. The maximum Gasteiger partial charge on any atom is 0.338 e. The fraction of sp³-hybridized carbons (Fsp3) is 0.800. The molecule has 0 aliphatic heterocycles. The first-order valence-electron chi connectivity index (χ1n) is 2.98. The highest BCUT2D eigenvalue weighted by Crippen LogP contribution is 1.92. The van der Waals surface area contributed by atoms with Gasteiger partial charge >= 0.3 is 6.03 Å². The van der Waals surface area contributed by atoms with Crippen LogP contribution in [0, 0.1) is 0 Å². The van der Waals surface area contributed by atoms with Gasteiger partial charge in [0.15, 0.2) is 0 Å². The van der Waals surface area contributed by atoms with Crippen LogP contribution in [-0.4, -0.2) is 29.8 Å². The van der Waals surface area contributed by atoms with Crippen molar-refractivity contribution in [3.8, 4) is 0 Å². The number of carbonyl (C=O) groups excluding carboxylic acids is 1. The van der Waals surface area contributed by atoms with Gasteiger partial charge in [0.05, 0.1) is 0 Å². The van der Waals surface area contributed by atoms with Gasteiger partial charge in [-0.3, -0.25) is 5.21 Å². The summed E-state index contributed by atoms with van der Waals surface area (Å²) in [7, 11) is 0. The Morgan fingerprint density at radius 2 is 2.27 bits per heavy atom. The van der Waals surface area contributed by atoms with E-state index in [4.69, 9.17) is 5.21 Å². The lowest BCUT2D eigenvalue weighted by atomic mass is 10.5. The van der Waals surface area contributed by atoms with E-state index in [1.54, 1.807) is 11.8 Å². The van der Waals surface area contributed by atoms with E-state index in [-0.39, 0.29) is 12.4 Å². The van der Waals surface area contributed by atoms with Gasteiger partial charge in [0.1, 0.15) is 0 Å². The van der Waals surface area contributed by atoms with Crippen LogP contribution in [0.4, 0.5) is 4.79 Å². The average molecular weight is 201 g/mol. The maximum atomic E-state index is 10.3. The van der Waals surface area contributed by atoms with Crippen molar-refractivity contribution < 1.29 is 10.0 Å². The van der Waals surface area contributed by atoms with E-state index in [2.05, 4.69) is 5.32 Å². The first-order valence-corrected chi connectivity index (χ1v) is 4.37. The van der Waals surface area contributed by atoms with Crippen molar-refractivity contribution in [3.05, 3.63) is 0 Å². The average Bonchev–Trinajstić information content (AvgIpc) is 1.98. The van der Waals surface area contributed by atoms with E-state index in [1.807, 2.05) is 6.26 Å². The highest BCUT2D eigenvalue weighted by atomic mass is 35.5. The van der Waals surface area contributed by atoms with Crippen molar-refractivity contribution in [2.45, 2.75) is 6.42 Å². The molecule has 6 heteroatoms. The Morgan fingerprint density at radius 1 is 1.64 bits per heavy atom. The molecule has 0 aliphatic carbocycles. The van der Waals surface area contributed by atoms with Crippen LogP contribution in [0.1, 0.15) is 6.42 Å². The van der Waals surface area contributed by atoms with Gasteiger partial charge in [-0.05, 0) is 18.4 Å². The van der Waals surface area contributed by atoms with Gasteiger partial charge in [-0.2, -0.15) is 11.8 Å². The van der Waals surface area contributed by atoms with Crippen molar-refractivity contribution >= 4 is 30.2 Å². The summed E-state index contributed by atoms with van der Waals surface area (Å²) >= 11 is 1.73. The number of amides is 2. The number of hydrogen-bond acceptors (Lipinski definition) is 3. The third-order valence-electron chi connectivity index (χ3n) is 0.912. The zero-order valence-corrected chi connectivity index (χ0v) is 7.93. The van der Waals surface area contributed by atoms with Crippen LogP contribution in [0.3, 0.4) is 0 Å². The number of hydrogen-bond donors (Lipinski definition) is 3. The molecule has 2 amide bonds. The molecule has 0 aromatic heterocycles. The molecule has 0 aromatic rings. The van der Waals surface area contributed by atoms with Crippen molar-refractivity contribution in [2.75, 3.05) is 18.6 Å². The molecule has 3 N–H and O–H groups in total. The second kappa shape index (κ2) is 9.87. The lowest BCUT2D eigenvalue weighted by Gasteiger charge is -2.00. The Morgan fingerprint density at radius 3 is 2.73 bits per heavy atom. The molecule has 0 heterocycles. The van der Waals surface area contributed by atoms with E-state index >= 15 is 0 Å². The van der Waals surface area contributed by atoms with E-state index in [1.165, 1.54) is 5.48 Å². The molecule has 0 aliphatic rings. The minimum atomic E-state index is -0.541. The van der Waals surface area contributed by atoms with Crippen molar-refractivity contribution in [2.24, 2.45) is 0 Å². The SMILES string of the molecule is CSCCCNC(=O)NO.Cl. The molecule has 0 radical (unpaired) electrons. The van der Waals surface area contributed by atoms with Crippen LogP contribution >= 0.6 is 24.2 Å². The fourth-order valence-corrected chi connectivity index (χ4v) is 0.891. The van der Waals surface area contributed by atoms with E-state index in [9.17, 15) is 4.79 Å². The maximum absolute atomic E-state index is 10.3. The van der Waals surface area contributed by atoms with Crippen LogP contribution in [-0.2, 0) is 0 Å². The minimum absolute atomic E-state index is 0. The number of thioether (sulfide) groups is 1. The Kier molecular flexibility index (Phi) is 12.1. The summed E-state index contributed by atoms with van der Waals surface area (Å²) in [5, 5.41) is 10.5. The number of urea groups is 1. The largest absolute Gasteiger partial charge is 0.338 e. The molecule has 0 saturated carbocycles. The topological polar surface area (TPSA) is 61.4 Å². The second-order valence-electron chi connectivity index (χ2n) is 1.71. The summed E-state index contributed by atoms with van der Waals surface area (Å²) in [6.07, 6.45) is 2.93. The van der Waals surface area contributed by atoms with Crippen LogP contribution in [0.15, 0.2) is 0 Å². The lowest BCUT2D eigenvalue weighted by molar-refractivity contribution is 0.162. The molecule has 0 rings (SSSR count). The van der Waals surface area contributed by atoms with E-state index < -0.39 is 6.03 Å². The zero-order chi connectivity index (χ0) is 7.82. The normalized spacial score (nSPS) is 8.18. The smallest absolute Gasteiger partial charge is 0.336 e. The van der Waals surface area contributed by atoms with Gasteiger partial charge in [0, 0.05) is 6.54 Å². The fourth-order valence-electron chi connectivity index (χ4n) is 0.458. The van der Waals surface area contributed by atoms with Crippen LogP contribution in [0.25, 0.3) is 0 Å². The van der Waals surface area contributed by atoms with E-state index in [0.717, 1.165) is 12.2 Å². The predicted molar refractivity (Wildman–Crippen MR) is 48.6 cm³/mol. The molecule has 0 unspecified atom stereocenters. The number of hydroxylamine groups is 1. The minimum Gasteiger partial charge on any atom is -0.336 e. The number of rotatable bonds is 4. The Labute approximate surface area is 76.5 Å². The summed E-state index contributed by atoms with van der Waals surface area (Å²) < 4.78 is 0.